The van der Waals surface area contributed by atoms with Crippen molar-refractivity contribution in [2.45, 2.75) is 49.7 Å². The van der Waals surface area contributed by atoms with Gasteiger partial charge >= 0.3 is 0 Å². The van der Waals surface area contributed by atoms with Crippen LogP contribution in [-0.4, -0.2) is 33.7 Å². The van der Waals surface area contributed by atoms with Crippen molar-refractivity contribution in [2.75, 3.05) is 0 Å². The molecular weight excluding hydrogens is 390 g/mol. The minimum absolute atomic E-state index is 0.137. The third-order valence-corrected chi connectivity index (χ3v) is 6.01. The molecule has 0 radical (unpaired) electrons. The fraction of sp³-hybridized carbons (Fsp3) is 0.400. The van der Waals surface area contributed by atoms with Crippen molar-refractivity contribution in [2.24, 2.45) is 0 Å². The Kier molecular flexibility index (Phi) is 4.07. The Morgan fingerprint density at radius 2 is 1.96 bits per heavy atom. The Morgan fingerprint density at radius 1 is 1.21 bits per heavy atom. The molecule has 5 nitrogen and oxygen atoms in total. The lowest BCUT2D eigenvalue weighted by molar-refractivity contribution is -0.162. The van der Waals surface area contributed by atoms with Crippen LogP contribution in [0, 0.1) is 11.6 Å². The number of benzene rings is 1. The first-order valence-corrected chi connectivity index (χ1v) is 9.57. The highest BCUT2D eigenvalue weighted by Crippen LogP contribution is 2.52. The van der Waals surface area contributed by atoms with E-state index in [0.29, 0.717) is 37.0 Å². The molecule has 1 aliphatic carbocycles. The summed E-state index contributed by atoms with van der Waals surface area (Å²) in [5.41, 5.74) is -0.461. The van der Waals surface area contributed by atoms with Crippen LogP contribution in [0.2, 0.25) is 5.15 Å². The Balaban J connectivity index is 1.32. The van der Waals surface area contributed by atoms with E-state index in [9.17, 15) is 13.6 Å². The van der Waals surface area contributed by atoms with Crippen LogP contribution in [-0.2, 0) is 9.53 Å². The number of amides is 1. The van der Waals surface area contributed by atoms with Crippen molar-refractivity contribution in [1.82, 2.24) is 9.88 Å². The third kappa shape index (κ3) is 2.76. The maximum Gasteiger partial charge on any atom is 0.257 e. The average Bonchev–Trinajstić information content (AvgIpc) is 3.14. The van der Waals surface area contributed by atoms with Crippen molar-refractivity contribution in [3.8, 4) is 5.75 Å². The molecule has 146 valence electrons. The number of carbonyl (C=O) groups is 1. The molecule has 5 rings (SSSR count). The minimum Gasteiger partial charge on any atom is -0.487 e. The summed E-state index contributed by atoms with van der Waals surface area (Å²) in [4.78, 5) is 18.7. The quantitative estimate of drug-likeness (QED) is 0.723. The monoisotopic (exact) mass is 406 g/mol. The number of nitrogens with zero attached hydrogens (tertiary/aromatic N) is 2. The second-order valence-electron chi connectivity index (χ2n) is 7.52. The summed E-state index contributed by atoms with van der Waals surface area (Å²) in [6.45, 7) is 0. The van der Waals surface area contributed by atoms with Gasteiger partial charge in [0.25, 0.3) is 5.91 Å². The lowest BCUT2D eigenvalue weighted by atomic mass is 9.76. The molecule has 2 saturated heterocycles. The minimum atomic E-state index is -0.922. The number of rotatable bonds is 3. The second kappa shape index (κ2) is 6.39. The fourth-order valence-corrected chi connectivity index (χ4v) is 4.64. The third-order valence-electron chi connectivity index (χ3n) is 5.72. The fourth-order valence-electron chi connectivity index (χ4n) is 4.48. The van der Waals surface area contributed by atoms with Crippen LogP contribution in [0.4, 0.5) is 8.78 Å². The van der Waals surface area contributed by atoms with Gasteiger partial charge in [-0.2, -0.15) is 0 Å². The maximum atomic E-state index is 13.6. The van der Waals surface area contributed by atoms with Gasteiger partial charge in [-0.1, -0.05) is 11.6 Å². The first-order chi connectivity index (χ1) is 13.4. The topological polar surface area (TPSA) is 51.7 Å². The Morgan fingerprint density at radius 3 is 2.68 bits per heavy atom. The van der Waals surface area contributed by atoms with Gasteiger partial charge in [0, 0.05) is 25.1 Å². The molecule has 0 unspecified atom stereocenters. The lowest BCUT2D eigenvalue weighted by Gasteiger charge is -2.42. The molecule has 3 fully saturated rings. The van der Waals surface area contributed by atoms with Gasteiger partial charge in [0.1, 0.15) is 24.0 Å². The molecule has 1 aromatic heterocycles. The summed E-state index contributed by atoms with van der Waals surface area (Å²) in [6, 6.07) is 6.47. The molecule has 8 heteroatoms. The summed E-state index contributed by atoms with van der Waals surface area (Å²) in [5, 5.41) is 0.274. The van der Waals surface area contributed by atoms with E-state index in [1.807, 2.05) is 0 Å². The number of pyridine rings is 1. The Bertz CT molecular complexity index is 931. The zero-order chi connectivity index (χ0) is 19.5. The summed E-state index contributed by atoms with van der Waals surface area (Å²) >= 11 is 6.02. The van der Waals surface area contributed by atoms with Gasteiger partial charge in [0.2, 0.25) is 0 Å². The summed E-state index contributed by atoms with van der Waals surface area (Å²) < 4.78 is 39.2. The van der Waals surface area contributed by atoms with Crippen molar-refractivity contribution < 1.29 is 23.0 Å². The van der Waals surface area contributed by atoms with E-state index in [-0.39, 0.29) is 29.4 Å². The number of hydrogen-bond donors (Lipinski definition) is 0. The molecule has 0 bridgehead atoms. The summed E-state index contributed by atoms with van der Waals surface area (Å²) in [5.74, 6) is -0.956. The normalized spacial score (nSPS) is 31.2. The van der Waals surface area contributed by atoms with Gasteiger partial charge in [-0.25, -0.2) is 13.8 Å². The smallest absolute Gasteiger partial charge is 0.257 e. The van der Waals surface area contributed by atoms with E-state index in [0.717, 1.165) is 6.07 Å². The number of hydrogen-bond acceptors (Lipinski definition) is 4. The van der Waals surface area contributed by atoms with Gasteiger partial charge < -0.3 is 14.4 Å². The van der Waals surface area contributed by atoms with E-state index in [1.165, 1.54) is 12.1 Å². The molecule has 1 aromatic carbocycles. The number of ether oxygens (including phenoxy) is 2. The molecule has 0 N–H and O–H groups in total. The van der Waals surface area contributed by atoms with Crippen LogP contribution < -0.4 is 4.74 Å². The van der Waals surface area contributed by atoms with Gasteiger partial charge in [-0.15, -0.1) is 0 Å². The van der Waals surface area contributed by atoms with Gasteiger partial charge in [-0.05, 0) is 42.7 Å². The Hall–Kier alpha value is -2.25. The molecule has 1 saturated carbocycles. The highest BCUT2D eigenvalue weighted by Gasteiger charge is 2.63. The average molecular weight is 407 g/mol. The zero-order valence-corrected chi connectivity index (χ0v) is 15.5. The largest absolute Gasteiger partial charge is 0.487 e. The van der Waals surface area contributed by atoms with Crippen LogP contribution in [0.15, 0.2) is 36.5 Å². The molecule has 2 aliphatic heterocycles. The van der Waals surface area contributed by atoms with Crippen molar-refractivity contribution in [1.29, 1.82) is 0 Å². The zero-order valence-electron chi connectivity index (χ0n) is 14.8. The van der Waals surface area contributed by atoms with E-state index < -0.39 is 17.2 Å². The highest BCUT2D eigenvalue weighted by molar-refractivity contribution is 6.30. The van der Waals surface area contributed by atoms with E-state index >= 15 is 0 Å². The van der Waals surface area contributed by atoms with Crippen LogP contribution in [0.3, 0.4) is 0 Å². The standard InChI is InChI=1S/C20H17ClF2N2O3/c21-18-16(2-1-5-24-18)27-14-9-20(10-14)19(26)25-15(3-4-17(25)28-20)11-6-12(22)8-13(23)7-11/h1-2,5-8,14-15,17H,3-4,9-10H2/t14?,15-,17+,20?/m0/s1. The SMILES string of the molecule is O=C1N2[C@@H](CC[C@H]2c2cc(F)cc(F)c2)OC12CC(Oc1cccnc1Cl)C2. The maximum absolute atomic E-state index is 13.6. The molecular formula is C20H17ClF2N2O3. The summed E-state index contributed by atoms with van der Waals surface area (Å²) in [6.07, 6.45) is 3.08. The number of halogens is 3. The lowest BCUT2D eigenvalue weighted by Crippen LogP contribution is -2.56. The first-order valence-electron chi connectivity index (χ1n) is 9.19. The molecule has 3 heterocycles. The van der Waals surface area contributed by atoms with Crippen molar-refractivity contribution >= 4 is 17.5 Å². The number of aromatic nitrogens is 1. The van der Waals surface area contributed by atoms with Crippen molar-refractivity contribution in [3.63, 3.8) is 0 Å². The van der Waals surface area contributed by atoms with E-state index in [4.69, 9.17) is 21.1 Å². The molecule has 1 spiro atoms. The van der Waals surface area contributed by atoms with Gasteiger partial charge in [0.05, 0.1) is 6.04 Å². The van der Waals surface area contributed by atoms with Crippen LogP contribution in [0.25, 0.3) is 0 Å². The van der Waals surface area contributed by atoms with Gasteiger partial charge in [0.15, 0.2) is 16.5 Å². The molecule has 28 heavy (non-hydrogen) atoms. The van der Waals surface area contributed by atoms with Crippen LogP contribution >= 0.6 is 11.6 Å². The van der Waals surface area contributed by atoms with Crippen molar-refractivity contribution in [3.05, 3.63) is 58.9 Å². The van der Waals surface area contributed by atoms with Crippen LogP contribution in [0.1, 0.15) is 37.3 Å². The molecule has 2 atom stereocenters. The molecule has 1 amide bonds. The van der Waals surface area contributed by atoms with Crippen LogP contribution in [0.5, 0.6) is 5.75 Å². The predicted octanol–water partition coefficient (Wildman–Crippen LogP) is 4.01. The molecule has 3 aliphatic rings. The van der Waals surface area contributed by atoms with E-state index in [1.54, 1.807) is 23.2 Å². The van der Waals surface area contributed by atoms with E-state index in [2.05, 4.69) is 4.98 Å². The summed E-state index contributed by atoms with van der Waals surface area (Å²) in [7, 11) is 0. The van der Waals surface area contributed by atoms with Gasteiger partial charge in [-0.3, -0.25) is 4.79 Å². The number of carbonyl (C=O) groups excluding carboxylic acids is 1. The second-order valence-corrected chi connectivity index (χ2v) is 7.87. The molecule has 2 aromatic rings. The highest BCUT2D eigenvalue weighted by atomic mass is 35.5. The predicted molar refractivity (Wildman–Crippen MR) is 95.7 cm³/mol. The first kappa shape index (κ1) is 17.8. The Labute approximate surface area is 165 Å². The number of fused-ring (bicyclic) bond motifs is 1.